The summed E-state index contributed by atoms with van der Waals surface area (Å²) in [6.45, 7) is 3.62. The number of anilines is 1. The number of imidazole rings is 1. The molecule has 2 aromatic heterocycles. The Morgan fingerprint density at radius 3 is 3.10 bits per heavy atom. The van der Waals surface area contributed by atoms with Gasteiger partial charge < -0.3 is 19.9 Å². The van der Waals surface area contributed by atoms with Gasteiger partial charge in [-0.2, -0.15) is 0 Å². The van der Waals surface area contributed by atoms with Gasteiger partial charge in [0.25, 0.3) is 0 Å². The van der Waals surface area contributed by atoms with Gasteiger partial charge in [0.05, 0.1) is 25.5 Å². The van der Waals surface area contributed by atoms with Gasteiger partial charge in [0.1, 0.15) is 18.0 Å². The molecule has 2 aromatic rings. The number of fused-ring (bicyclic) bond motifs is 1. The molecule has 0 saturated heterocycles. The molecule has 7 nitrogen and oxygen atoms in total. The van der Waals surface area contributed by atoms with Gasteiger partial charge >= 0.3 is 0 Å². The average Bonchev–Trinajstić information content (AvgIpc) is 2.72. The first-order valence-corrected chi connectivity index (χ1v) is 6.71. The maximum Gasteiger partial charge on any atom is 0.218 e. The summed E-state index contributed by atoms with van der Waals surface area (Å²) >= 11 is 0. The van der Waals surface area contributed by atoms with E-state index in [-0.39, 0.29) is 12.4 Å². The summed E-state index contributed by atoms with van der Waals surface area (Å²) < 4.78 is 7.35. The molecule has 0 atom stereocenters. The molecule has 114 valence electrons. The first-order chi connectivity index (χ1) is 9.86. The van der Waals surface area contributed by atoms with Crippen LogP contribution >= 0.6 is 12.4 Å². The molecule has 3 heterocycles. The second kappa shape index (κ2) is 7.24. The third-order valence-corrected chi connectivity index (χ3v) is 3.36. The second-order valence-electron chi connectivity index (χ2n) is 4.62. The highest BCUT2D eigenvalue weighted by Gasteiger charge is 2.12. The third kappa shape index (κ3) is 3.62. The van der Waals surface area contributed by atoms with Crippen LogP contribution in [-0.2, 0) is 19.5 Å². The minimum atomic E-state index is 0. The van der Waals surface area contributed by atoms with E-state index in [1.807, 2.05) is 6.20 Å². The van der Waals surface area contributed by atoms with E-state index in [1.165, 1.54) is 12.0 Å². The number of hydrogen-bond acceptors (Lipinski definition) is 6. The van der Waals surface area contributed by atoms with Crippen molar-refractivity contribution in [3.63, 3.8) is 0 Å². The zero-order chi connectivity index (χ0) is 13.8. The van der Waals surface area contributed by atoms with Gasteiger partial charge in [-0.1, -0.05) is 0 Å². The maximum atomic E-state index is 5.08. The van der Waals surface area contributed by atoms with Crippen LogP contribution in [0.3, 0.4) is 0 Å². The van der Waals surface area contributed by atoms with Crippen LogP contribution in [0, 0.1) is 0 Å². The van der Waals surface area contributed by atoms with Gasteiger partial charge in [-0.15, -0.1) is 12.4 Å². The van der Waals surface area contributed by atoms with Crippen molar-refractivity contribution >= 4 is 18.2 Å². The standard InChI is InChI=1S/C13H18N6O.ClH/c1-20-13-6-11(17-9-18-13)15-7-10-8-16-12-2-3-14-4-5-19(10)12;/h6,8-9,14H,2-5,7H2,1H3,(H,15,17,18);1H. The Kier molecular flexibility index (Phi) is 5.35. The summed E-state index contributed by atoms with van der Waals surface area (Å²) in [6.07, 6.45) is 4.40. The van der Waals surface area contributed by atoms with Gasteiger partial charge in [0, 0.05) is 32.1 Å². The van der Waals surface area contributed by atoms with Crippen LogP contribution in [-0.4, -0.2) is 39.7 Å². The van der Waals surface area contributed by atoms with Crippen molar-refractivity contribution in [3.05, 3.63) is 30.1 Å². The van der Waals surface area contributed by atoms with Gasteiger partial charge in [-0.05, 0) is 0 Å². The number of nitrogens with zero attached hydrogens (tertiary/aromatic N) is 4. The highest BCUT2D eigenvalue weighted by Crippen LogP contribution is 2.13. The molecular weight excluding hydrogens is 292 g/mol. The van der Waals surface area contributed by atoms with Gasteiger partial charge in [-0.25, -0.2) is 15.0 Å². The lowest BCUT2D eigenvalue weighted by Gasteiger charge is -2.10. The van der Waals surface area contributed by atoms with Crippen LogP contribution in [0.4, 0.5) is 5.82 Å². The maximum absolute atomic E-state index is 5.08. The predicted octanol–water partition coefficient (Wildman–Crippen LogP) is 0.861. The highest BCUT2D eigenvalue weighted by atomic mass is 35.5. The Bertz CT molecular complexity index is 588. The molecule has 0 fully saturated rings. The summed E-state index contributed by atoms with van der Waals surface area (Å²) in [5, 5.41) is 6.66. The summed E-state index contributed by atoms with van der Waals surface area (Å²) in [5.74, 6) is 2.45. The van der Waals surface area contributed by atoms with Crippen molar-refractivity contribution in [1.29, 1.82) is 0 Å². The SMILES string of the molecule is COc1cc(NCc2cnc3n2CCNCC3)ncn1.Cl. The number of aromatic nitrogens is 4. The molecule has 0 saturated carbocycles. The molecule has 0 aromatic carbocycles. The average molecular weight is 311 g/mol. The quantitative estimate of drug-likeness (QED) is 0.872. The summed E-state index contributed by atoms with van der Waals surface area (Å²) in [4.78, 5) is 12.6. The van der Waals surface area contributed by atoms with Gasteiger partial charge in [-0.3, -0.25) is 0 Å². The van der Waals surface area contributed by atoms with Crippen molar-refractivity contribution in [2.45, 2.75) is 19.5 Å². The van der Waals surface area contributed by atoms with E-state index in [0.29, 0.717) is 12.4 Å². The van der Waals surface area contributed by atoms with Crippen molar-refractivity contribution in [3.8, 4) is 5.88 Å². The molecule has 0 bridgehead atoms. The molecule has 1 aliphatic rings. The van der Waals surface area contributed by atoms with Crippen molar-refractivity contribution in [1.82, 2.24) is 24.8 Å². The molecule has 8 heteroatoms. The molecule has 0 spiro atoms. The lowest BCUT2D eigenvalue weighted by molar-refractivity contribution is 0.397. The van der Waals surface area contributed by atoms with Gasteiger partial charge in [0.2, 0.25) is 5.88 Å². The topological polar surface area (TPSA) is 76.9 Å². The van der Waals surface area contributed by atoms with Crippen molar-refractivity contribution in [2.75, 3.05) is 25.5 Å². The lowest BCUT2D eigenvalue weighted by Crippen LogP contribution is -2.18. The number of rotatable bonds is 4. The predicted molar refractivity (Wildman–Crippen MR) is 82.0 cm³/mol. The first kappa shape index (κ1) is 15.5. The fourth-order valence-corrected chi connectivity index (χ4v) is 2.31. The van der Waals surface area contributed by atoms with E-state index in [4.69, 9.17) is 4.74 Å². The summed E-state index contributed by atoms with van der Waals surface area (Å²) in [5.41, 5.74) is 1.17. The molecule has 2 N–H and O–H groups in total. The molecule has 0 unspecified atom stereocenters. The Hall–Kier alpha value is -1.86. The number of methoxy groups -OCH3 is 1. The Labute approximate surface area is 129 Å². The molecule has 0 amide bonds. The van der Waals surface area contributed by atoms with E-state index in [2.05, 4.69) is 30.2 Å². The Morgan fingerprint density at radius 1 is 1.33 bits per heavy atom. The summed E-state index contributed by atoms with van der Waals surface area (Å²) in [6, 6.07) is 1.78. The van der Waals surface area contributed by atoms with Crippen LogP contribution in [0.15, 0.2) is 18.6 Å². The summed E-state index contributed by atoms with van der Waals surface area (Å²) in [7, 11) is 1.59. The van der Waals surface area contributed by atoms with Crippen LogP contribution in [0.5, 0.6) is 5.88 Å². The number of ether oxygens (including phenoxy) is 1. The molecule has 1 aliphatic heterocycles. The van der Waals surface area contributed by atoms with Crippen molar-refractivity contribution in [2.24, 2.45) is 0 Å². The van der Waals surface area contributed by atoms with Crippen molar-refractivity contribution < 1.29 is 4.74 Å². The molecular formula is C13H19ClN6O. The minimum absolute atomic E-state index is 0. The second-order valence-corrected chi connectivity index (χ2v) is 4.62. The minimum Gasteiger partial charge on any atom is -0.481 e. The zero-order valence-electron chi connectivity index (χ0n) is 11.9. The number of hydrogen-bond donors (Lipinski definition) is 2. The van der Waals surface area contributed by atoms with Crippen LogP contribution in [0.1, 0.15) is 11.5 Å². The first-order valence-electron chi connectivity index (χ1n) is 6.71. The fraction of sp³-hybridized carbons (Fsp3) is 0.462. The van der Waals surface area contributed by atoms with Crippen LogP contribution < -0.4 is 15.4 Å². The van der Waals surface area contributed by atoms with E-state index < -0.39 is 0 Å². The zero-order valence-corrected chi connectivity index (χ0v) is 12.7. The Balaban J connectivity index is 0.00000161. The number of halogens is 1. The monoisotopic (exact) mass is 310 g/mol. The van der Waals surface area contributed by atoms with Crippen LogP contribution in [0.2, 0.25) is 0 Å². The number of nitrogens with one attached hydrogen (secondary N) is 2. The van der Waals surface area contributed by atoms with Gasteiger partial charge in [0.15, 0.2) is 0 Å². The molecule has 3 rings (SSSR count). The normalized spacial score (nSPS) is 13.8. The highest BCUT2D eigenvalue weighted by molar-refractivity contribution is 5.85. The smallest absolute Gasteiger partial charge is 0.218 e. The Morgan fingerprint density at radius 2 is 2.24 bits per heavy atom. The molecule has 0 radical (unpaired) electrons. The van der Waals surface area contributed by atoms with E-state index >= 15 is 0 Å². The molecule has 21 heavy (non-hydrogen) atoms. The largest absolute Gasteiger partial charge is 0.481 e. The van der Waals surface area contributed by atoms with Crippen LogP contribution in [0.25, 0.3) is 0 Å². The van der Waals surface area contributed by atoms with E-state index in [0.717, 1.165) is 37.7 Å². The fourth-order valence-electron chi connectivity index (χ4n) is 2.31. The lowest BCUT2D eigenvalue weighted by atomic mass is 10.4. The van der Waals surface area contributed by atoms with E-state index in [1.54, 1.807) is 13.2 Å². The molecule has 0 aliphatic carbocycles. The third-order valence-electron chi connectivity index (χ3n) is 3.36. The van der Waals surface area contributed by atoms with E-state index in [9.17, 15) is 0 Å².